The molecule has 4 rings (SSSR count). The summed E-state index contributed by atoms with van der Waals surface area (Å²) in [6.45, 7) is 2.70. The molecule has 0 N–H and O–H groups in total. The maximum Gasteiger partial charge on any atom is 0.261 e. The Labute approximate surface area is 175 Å². The fourth-order valence-corrected chi connectivity index (χ4v) is 3.55. The standard InChI is InChI=1S/C25H23N3O2/c1-19-9-8-14-22-24(19)26-18-27(25(22)30)16-15-23(29)28(21-12-6-3-7-13-21)17-20-10-4-2-5-11-20/h2-14,18H,15-17H2,1H3. The molecule has 0 aliphatic carbocycles. The minimum absolute atomic E-state index is 0.0405. The number of amides is 1. The molecule has 4 aromatic rings. The van der Waals surface area contributed by atoms with E-state index < -0.39 is 0 Å². The first kappa shape index (κ1) is 19.6. The van der Waals surface area contributed by atoms with Crippen molar-refractivity contribution in [2.75, 3.05) is 4.90 Å². The molecule has 1 aromatic heterocycles. The van der Waals surface area contributed by atoms with Crippen molar-refractivity contribution in [3.8, 4) is 0 Å². The molecule has 0 aliphatic rings. The van der Waals surface area contributed by atoms with Crippen LogP contribution in [-0.2, 0) is 17.9 Å². The number of nitrogens with zero attached hydrogens (tertiary/aromatic N) is 3. The van der Waals surface area contributed by atoms with Crippen LogP contribution in [-0.4, -0.2) is 15.5 Å². The van der Waals surface area contributed by atoms with Crippen LogP contribution < -0.4 is 10.5 Å². The van der Waals surface area contributed by atoms with Crippen LogP contribution in [0, 0.1) is 6.92 Å². The zero-order chi connectivity index (χ0) is 20.9. The average Bonchev–Trinajstić information content (AvgIpc) is 2.78. The Balaban J connectivity index is 1.56. The number of aromatic nitrogens is 2. The molecule has 0 radical (unpaired) electrons. The van der Waals surface area contributed by atoms with Gasteiger partial charge < -0.3 is 4.90 Å². The van der Waals surface area contributed by atoms with E-state index in [1.165, 1.54) is 10.9 Å². The molecule has 150 valence electrons. The van der Waals surface area contributed by atoms with Crippen LogP contribution in [0.1, 0.15) is 17.5 Å². The van der Waals surface area contributed by atoms with Gasteiger partial charge in [0.1, 0.15) is 0 Å². The van der Waals surface area contributed by atoms with Gasteiger partial charge in [-0.1, -0.05) is 60.7 Å². The number of para-hydroxylation sites is 2. The summed E-state index contributed by atoms with van der Waals surface area (Å²) in [5.41, 5.74) is 3.44. The second kappa shape index (κ2) is 8.74. The van der Waals surface area contributed by atoms with E-state index in [2.05, 4.69) is 4.98 Å². The topological polar surface area (TPSA) is 55.2 Å². The average molecular weight is 397 g/mol. The van der Waals surface area contributed by atoms with Gasteiger partial charge in [-0.15, -0.1) is 0 Å². The van der Waals surface area contributed by atoms with Crippen molar-refractivity contribution < 1.29 is 4.79 Å². The van der Waals surface area contributed by atoms with Crippen LogP contribution in [0.2, 0.25) is 0 Å². The van der Waals surface area contributed by atoms with Crippen molar-refractivity contribution in [3.05, 3.63) is 107 Å². The van der Waals surface area contributed by atoms with E-state index in [0.717, 1.165) is 16.8 Å². The second-order valence-electron chi connectivity index (χ2n) is 7.27. The number of hydrogen-bond donors (Lipinski definition) is 0. The van der Waals surface area contributed by atoms with Gasteiger partial charge in [-0.25, -0.2) is 4.98 Å². The summed E-state index contributed by atoms with van der Waals surface area (Å²) < 4.78 is 1.52. The molecule has 30 heavy (non-hydrogen) atoms. The van der Waals surface area contributed by atoms with Crippen LogP contribution in [0.3, 0.4) is 0 Å². The fourth-order valence-electron chi connectivity index (χ4n) is 3.55. The molecule has 1 heterocycles. The Hall–Kier alpha value is -3.73. The Kier molecular flexibility index (Phi) is 5.70. The molecule has 0 unspecified atom stereocenters. The molecule has 5 heteroatoms. The normalized spacial score (nSPS) is 10.8. The van der Waals surface area contributed by atoms with Crippen molar-refractivity contribution in [3.63, 3.8) is 0 Å². The number of fused-ring (bicyclic) bond motifs is 1. The molecular weight excluding hydrogens is 374 g/mol. The van der Waals surface area contributed by atoms with Crippen LogP contribution in [0.25, 0.3) is 10.9 Å². The monoisotopic (exact) mass is 397 g/mol. The van der Waals surface area contributed by atoms with Crippen LogP contribution in [0.15, 0.2) is 90.0 Å². The minimum Gasteiger partial charge on any atom is -0.308 e. The van der Waals surface area contributed by atoms with E-state index in [1.807, 2.05) is 79.7 Å². The van der Waals surface area contributed by atoms with Crippen molar-refractivity contribution in [1.29, 1.82) is 0 Å². The zero-order valence-corrected chi connectivity index (χ0v) is 16.9. The van der Waals surface area contributed by atoms with E-state index in [0.29, 0.717) is 17.4 Å². The lowest BCUT2D eigenvalue weighted by atomic mass is 10.1. The molecule has 0 saturated heterocycles. The Bertz CT molecular complexity index is 1220. The van der Waals surface area contributed by atoms with Crippen LogP contribution >= 0.6 is 0 Å². The zero-order valence-electron chi connectivity index (χ0n) is 16.9. The number of hydrogen-bond acceptors (Lipinski definition) is 3. The van der Waals surface area contributed by atoms with Gasteiger partial charge in [0.05, 0.1) is 23.8 Å². The smallest absolute Gasteiger partial charge is 0.261 e. The lowest BCUT2D eigenvalue weighted by Crippen LogP contribution is -2.32. The summed E-state index contributed by atoms with van der Waals surface area (Å²) in [4.78, 5) is 32.2. The van der Waals surface area contributed by atoms with Gasteiger partial charge in [0.2, 0.25) is 5.91 Å². The first-order chi connectivity index (χ1) is 14.6. The molecule has 0 bridgehead atoms. The SMILES string of the molecule is Cc1cccc2c(=O)n(CCC(=O)N(Cc3ccccc3)c3ccccc3)cnc12. The van der Waals surface area contributed by atoms with Gasteiger partial charge in [0.25, 0.3) is 5.56 Å². The maximum absolute atomic E-state index is 13.1. The summed E-state index contributed by atoms with van der Waals surface area (Å²) in [7, 11) is 0. The van der Waals surface area contributed by atoms with Gasteiger partial charge in [0, 0.05) is 18.7 Å². The van der Waals surface area contributed by atoms with Gasteiger partial charge in [0.15, 0.2) is 0 Å². The second-order valence-corrected chi connectivity index (χ2v) is 7.27. The van der Waals surface area contributed by atoms with Gasteiger partial charge >= 0.3 is 0 Å². The molecule has 0 fully saturated rings. The highest BCUT2D eigenvalue weighted by atomic mass is 16.2. The fraction of sp³-hybridized carbons (Fsp3) is 0.160. The third kappa shape index (κ3) is 4.15. The maximum atomic E-state index is 13.1. The van der Waals surface area contributed by atoms with Gasteiger partial charge in [-0.2, -0.15) is 0 Å². The van der Waals surface area contributed by atoms with Gasteiger partial charge in [-0.05, 0) is 36.2 Å². The number of rotatable bonds is 6. The number of benzene rings is 3. The highest BCUT2D eigenvalue weighted by Gasteiger charge is 2.17. The quantitative estimate of drug-likeness (QED) is 0.487. The largest absolute Gasteiger partial charge is 0.308 e. The van der Waals surface area contributed by atoms with Crippen molar-refractivity contribution in [1.82, 2.24) is 9.55 Å². The first-order valence-corrected chi connectivity index (χ1v) is 9.97. The highest BCUT2D eigenvalue weighted by molar-refractivity contribution is 5.93. The lowest BCUT2D eigenvalue weighted by Gasteiger charge is -2.23. The van der Waals surface area contributed by atoms with Crippen molar-refractivity contribution in [2.45, 2.75) is 26.4 Å². The third-order valence-electron chi connectivity index (χ3n) is 5.17. The van der Waals surface area contributed by atoms with Crippen LogP contribution in [0.4, 0.5) is 5.69 Å². The molecule has 0 atom stereocenters. The number of aryl methyl sites for hydroxylation is 2. The summed E-state index contributed by atoms with van der Waals surface area (Å²) in [6, 6.07) is 25.1. The summed E-state index contributed by atoms with van der Waals surface area (Å²) in [6.07, 6.45) is 1.75. The molecule has 0 spiro atoms. The van der Waals surface area contributed by atoms with Gasteiger partial charge in [-0.3, -0.25) is 14.2 Å². The third-order valence-corrected chi connectivity index (χ3v) is 5.17. The molecular formula is C25H23N3O2. The summed E-state index contributed by atoms with van der Waals surface area (Å²) in [5, 5.41) is 0.578. The summed E-state index contributed by atoms with van der Waals surface area (Å²) >= 11 is 0. The molecule has 0 aliphatic heterocycles. The number of carbonyl (C=O) groups is 1. The minimum atomic E-state index is -0.120. The predicted octanol–water partition coefficient (Wildman–Crippen LogP) is 4.33. The Morgan fingerprint density at radius 3 is 2.37 bits per heavy atom. The van der Waals surface area contributed by atoms with E-state index in [1.54, 1.807) is 11.0 Å². The molecule has 0 saturated carbocycles. The Morgan fingerprint density at radius 1 is 0.933 bits per heavy atom. The van der Waals surface area contributed by atoms with E-state index >= 15 is 0 Å². The number of carbonyl (C=O) groups excluding carboxylic acids is 1. The van der Waals surface area contributed by atoms with Crippen molar-refractivity contribution >= 4 is 22.5 Å². The Morgan fingerprint density at radius 2 is 1.63 bits per heavy atom. The van der Waals surface area contributed by atoms with Crippen molar-refractivity contribution in [2.24, 2.45) is 0 Å². The number of anilines is 1. The van der Waals surface area contributed by atoms with E-state index in [4.69, 9.17) is 0 Å². The van der Waals surface area contributed by atoms with E-state index in [-0.39, 0.29) is 24.4 Å². The lowest BCUT2D eigenvalue weighted by molar-refractivity contribution is -0.119. The highest BCUT2D eigenvalue weighted by Crippen LogP contribution is 2.18. The molecule has 3 aromatic carbocycles. The molecule has 1 amide bonds. The molecule has 5 nitrogen and oxygen atoms in total. The summed E-state index contributed by atoms with van der Waals surface area (Å²) in [5.74, 6) is -0.0405. The predicted molar refractivity (Wildman–Crippen MR) is 119 cm³/mol. The first-order valence-electron chi connectivity index (χ1n) is 9.97. The van der Waals surface area contributed by atoms with E-state index in [9.17, 15) is 9.59 Å². The van der Waals surface area contributed by atoms with Crippen LogP contribution in [0.5, 0.6) is 0 Å².